The van der Waals surface area contributed by atoms with Crippen LogP contribution in [0.1, 0.15) is 55.8 Å². The Balaban J connectivity index is 1.58. The molecule has 0 fully saturated rings. The zero-order valence-electron chi connectivity index (χ0n) is 24.2. The topological polar surface area (TPSA) is 193 Å². The normalized spacial score (nSPS) is 17.2. The van der Waals surface area contributed by atoms with Crippen LogP contribution < -0.4 is 42.4 Å². The molecule has 6 rings (SSSR count). The summed E-state index contributed by atoms with van der Waals surface area (Å²) < 4.78 is 4.90. The Morgan fingerprint density at radius 3 is 2.31 bits per heavy atom. The van der Waals surface area contributed by atoms with Crippen molar-refractivity contribution in [1.29, 1.82) is 0 Å². The van der Waals surface area contributed by atoms with Gasteiger partial charge >= 0.3 is 0 Å². The minimum atomic E-state index is -2.05. The van der Waals surface area contributed by atoms with E-state index in [4.69, 9.17) is 21.2 Å². The van der Waals surface area contributed by atoms with Gasteiger partial charge in [0, 0.05) is 17.0 Å². The van der Waals surface area contributed by atoms with Crippen LogP contribution in [0.3, 0.4) is 0 Å². The molecule has 0 unspecified atom stereocenters. The first-order valence-corrected chi connectivity index (χ1v) is 14.7. The lowest BCUT2D eigenvalue weighted by atomic mass is 9.78. The SMILES string of the molecule is CCCCCCON=Cc1cc2c(Cl)c3c(c(O)c2c(=O)[nH]1)[C@@]1(CC3)C(O)=c2c(=O)c3c(=O)cc(OC)c(=O)c=3c(=O)c2=C1O. The number of fused-ring (bicyclic) bond motifs is 4. The molecule has 4 N–H and O–H groups in total. The summed E-state index contributed by atoms with van der Waals surface area (Å²) in [5.41, 5.74) is -6.79. The first-order chi connectivity index (χ1) is 21.5. The van der Waals surface area contributed by atoms with Crippen LogP contribution in [-0.4, -0.2) is 40.2 Å². The number of benzene rings is 1. The molecule has 1 aromatic carbocycles. The molecular formula is C32H27ClN2O10. The number of hydrogen-bond donors (Lipinski definition) is 4. The lowest BCUT2D eigenvalue weighted by molar-refractivity contribution is 0.141. The number of phenols is 1. The van der Waals surface area contributed by atoms with Crippen LogP contribution in [0.2, 0.25) is 5.02 Å². The fourth-order valence-corrected chi connectivity index (χ4v) is 6.96. The number of pyridine rings is 1. The van der Waals surface area contributed by atoms with E-state index in [0.717, 1.165) is 38.9 Å². The number of halogens is 1. The largest absolute Gasteiger partial charge is 0.510 e. The first-order valence-electron chi connectivity index (χ1n) is 14.3. The van der Waals surface area contributed by atoms with Crippen LogP contribution in [0.5, 0.6) is 11.5 Å². The van der Waals surface area contributed by atoms with E-state index in [-0.39, 0.29) is 45.5 Å². The molecule has 13 heteroatoms. The molecule has 0 bridgehead atoms. The van der Waals surface area contributed by atoms with Crippen molar-refractivity contribution in [3.8, 4) is 11.5 Å². The Labute approximate surface area is 257 Å². The second-order valence-electron chi connectivity index (χ2n) is 11.2. The molecule has 0 aliphatic heterocycles. The number of aromatic amines is 1. The highest BCUT2D eigenvalue weighted by Gasteiger charge is 2.53. The van der Waals surface area contributed by atoms with Crippen molar-refractivity contribution in [3.05, 3.63) is 106 Å². The number of hydrogen-bond acceptors (Lipinski definition) is 11. The van der Waals surface area contributed by atoms with Gasteiger partial charge in [0.1, 0.15) is 29.3 Å². The van der Waals surface area contributed by atoms with Gasteiger partial charge in [-0.25, -0.2) is 0 Å². The van der Waals surface area contributed by atoms with Crippen molar-refractivity contribution < 1.29 is 24.9 Å². The van der Waals surface area contributed by atoms with E-state index in [1.54, 1.807) is 0 Å². The minimum absolute atomic E-state index is 0.0377. The summed E-state index contributed by atoms with van der Waals surface area (Å²) >= 11 is 6.78. The summed E-state index contributed by atoms with van der Waals surface area (Å²) in [6.07, 6.45) is 5.18. The van der Waals surface area contributed by atoms with Gasteiger partial charge in [0.15, 0.2) is 11.2 Å². The van der Waals surface area contributed by atoms with Gasteiger partial charge in [-0.2, -0.15) is 0 Å². The van der Waals surface area contributed by atoms with E-state index in [1.807, 2.05) is 0 Å². The van der Waals surface area contributed by atoms with Crippen molar-refractivity contribution in [1.82, 2.24) is 4.98 Å². The maximum Gasteiger partial charge on any atom is 0.260 e. The summed E-state index contributed by atoms with van der Waals surface area (Å²) in [5.74, 6) is -2.71. The zero-order valence-corrected chi connectivity index (χ0v) is 25.0. The number of unbranched alkanes of at least 4 members (excludes halogenated alkanes) is 3. The van der Waals surface area contributed by atoms with Gasteiger partial charge in [0.25, 0.3) is 5.56 Å². The molecule has 0 saturated heterocycles. The summed E-state index contributed by atoms with van der Waals surface area (Å²) in [7, 11) is 1.11. The third kappa shape index (κ3) is 4.12. The number of methoxy groups -OCH3 is 1. The standard InChI is InChI=1S/C32H27ClN2O10/c1-3-4-5-6-9-45-34-12-13-10-15-18(31(43)35-13)28(40)23-14(24(15)33)7-8-32(23)29(41)21-22(30(32)42)27(39)20-19(26(21)38)16(36)11-17(44-2)25(20)37/h10-12,40-42H,3-9H2,1-2H3,(H,35,43)/t32-/m0/s1. The Morgan fingerprint density at radius 1 is 0.956 bits per heavy atom. The quantitative estimate of drug-likeness (QED) is 0.124. The number of aliphatic hydroxyl groups excluding tert-OH is 2. The molecule has 12 nitrogen and oxygen atoms in total. The van der Waals surface area contributed by atoms with Gasteiger partial charge in [0.2, 0.25) is 16.3 Å². The average molecular weight is 635 g/mol. The predicted octanol–water partition coefficient (Wildman–Crippen LogP) is 1.10. The van der Waals surface area contributed by atoms with Gasteiger partial charge in [-0.1, -0.05) is 36.5 Å². The van der Waals surface area contributed by atoms with Crippen molar-refractivity contribution in [2.24, 2.45) is 5.16 Å². The van der Waals surface area contributed by atoms with Gasteiger partial charge in [-0.3, -0.25) is 24.0 Å². The minimum Gasteiger partial charge on any atom is -0.510 e. The second-order valence-corrected chi connectivity index (χ2v) is 11.5. The molecule has 232 valence electrons. The van der Waals surface area contributed by atoms with E-state index in [1.165, 1.54) is 12.3 Å². The van der Waals surface area contributed by atoms with E-state index in [2.05, 4.69) is 17.1 Å². The molecule has 1 heterocycles. The number of phenolic OH excluding ortho intramolecular Hbond substituents is 1. The average Bonchev–Trinajstić information content (AvgIpc) is 3.52. The summed E-state index contributed by atoms with van der Waals surface area (Å²) in [6.45, 7) is 2.50. The number of nitrogens with zero attached hydrogens (tertiary/aromatic N) is 1. The maximum atomic E-state index is 13.6. The predicted molar refractivity (Wildman–Crippen MR) is 166 cm³/mol. The van der Waals surface area contributed by atoms with Crippen molar-refractivity contribution in [3.63, 3.8) is 0 Å². The van der Waals surface area contributed by atoms with Crippen molar-refractivity contribution >= 4 is 40.1 Å². The molecule has 0 radical (unpaired) electrons. The highest BCUT2D eigenvalue weighted by Crippen LogP contribution is 2.56. The number of nitrogens with one attached hydrogen (secondary N) is 1. The van der Waals surface area contributed by atoms with Gasteiger partial charge < -0.3 is 29.9 Å². The van der Waals surface area contributed by atoms with Crippen LogP contribution >= 0.6 is 11.6 Å². The van der Waals surface area contributed by atoms with E-state index >= 15 is 0 Å². The molecule has 4 aliphatic carbocycles. The van der Waals surface area contributed by atoms with E-state index < -0.39 is 76.6 Å². The van der Waals surface area contributed by atoms with Crippen molar-refractivity contribution in [2.75, 3.05) is 13.7 Å². The number of aliphatic hydroxyl groups is 2. The molecule has 1 spiro atoms. The summed E-state index contributed by atoms with van der Waals surface area (Å²) in [5, 5.41) is 35.7. The third-order valence-corrected chi connectivity index (χ3v) is 9.16. The van der Waals surface area contributed by atoms with Crippen LogP contribution in [0.4, 0.5) is 0 Å². The Hall–Kier alpha value is -4.97. The fraction of sp³-hybridized carbons (Fsp3) is 0.312. The Kier molecular flexibility index (Phi) is 7.27. The maximum absolute atomic E-state index is 13.6. The number of H-pyrrole nitrogens is 1. The molecule has 0 amide bonds. The lowest BCUT2D eigenvalue weighted by Gasteiger charge is -2.27. The van der Waals surface area contributed by atoms with Crippen LogP contribution in [-0.2, 0) is 16.7 Å². The van der Waals surface area contributed by atoms with E-state index in [9.17, 15) is 39.3 Å². The smallest absolute Gasteiger partial charge is 0.260 e. The highest BCUT2D eigenvalue weighted by atomic mass is 35.5. The Bertz CT molecular complexity index is 2440. The van der Waals surface area contributed by atoms with E-state index in [0.29, 0.717) is 6.61 Å². The van der Waals surface area contributed by atoms with Crippen LogP contribution in [0.15, 0.2) is 41.3 Å². The molecule has 45 heavy (non-hydrogen) atoms. The lowest BCUT2D eigenvalue weighted by Crippen LogP contribution is -2.51. The number of rotatable bonds is 8. The fourth-order valence-electron chi connectivity index (χ4n) is 6.62. The first kappa shape index (κ1) is 30.1. The van der Waals surface area contributed by atoms with Crippen LogP contribution in [0, 0.1) is 10.4 Å². The van der Waals surface area contributed by atoms with Gasteiger partial charge in [-0.15, -0.1) is 0 Å². The monoisotopic (exact) mass is 634 g/mol. The molecule has 2 aromatic rings. The molecule has 1 atom stereocenters. The molecule has 0 saturated carbocycles. The number of ether oxygens (including phenoxy) is 1. The van der Waals surface area contributed by atoms with Crippen LogP contribution in [0.25, 0.3) is 22.3 Å². The van der Waals surface area contributed by atoms with Gasteiger partial charge in [-0.05, 0) is 37.3 Å². The Morgan fingerprint density at radius 2 is 1.64 bits per heavy atom. The number of aromatic nitrogens is 1. The highest BCUT2D eigenvalue weighted by molar-refractivity contribution is 6.37. The summed E-state index contributed by atoms with van der Waals surface area (Å²) in [4.78, 5) is 74.1. The van der Waals surface area contributed by atoms with Gasteiger partial charge in [0.05, 0.1) is 50.3 Å². The zero-order chi connectivity index (χ0) is 32.4. The number of aromatic hydroxyl groups is 1. The number of oxime groups is 1. The third-order valence-electron chi connectivity index (χ3n) is 8.73. The summed E-state index contributed by atoms with van der Waals surface area (Å²) in [6, 6.07) is 2.26. The molecule has 1 aromatic heterocycles. The second kappa shape index (κ2) is 10.9. The van der Waals surface area contributed by atoms with Crippen molar-refractivity contribution in [2.45, 2.75) is 50.9 Å². The molecule has 4 aliphatic rings. The molecular weight excluding hydrogens is 608 g/mol.